The molecule has 1 aromatic rings. The summed E-state index contributed by atoms with van der Waals surface area (Å²) in [5, 5.41) is 3.72. The fraction of sp³-hybridized carbons (Fsp3) is 0.300. The van der Waals surface area contributed by atoms with Gasteiger partial charge in [0.05, 0.1) is 0 Å². The van der Waals surface area contributed by atoms with Crippen molar-refractivity contribution in [3.63, 3.8) is 0 Å². The standard InChI is InChI=1S/C10H13ClN4/c11-9-2-1-8(6-14-9)7-15-4-3-13-10(15)5-12/h1-2,5-6,13H,3-4,7,12H2/b10-5+. The van der Waals surface area contributed by atoms with Gasteiger partial charge in [0.25, 0.3) is 0 Å². The molecular weight excluding hydrogens is 212 g/mol. The number of hydrogen-bond donors (Lipinski definition) is 2. The summed E-state index contributed by atoms with van der Waals surface area (Å²) in [6, 6.07) is 3.77. The van der Waals surface area contributed by atoms with Crippen molar-refractivity contribution in [1.82, 2.24) is 15.2 Å². The largest absolute Gasteiger partial charge is 0.402 e. The Bertz CT molecular complexity index is 360. The van der Waals surface area contributed by atoms with Crippen LogP contribution in [-0.4, -0.2) is 23.0 Å². The molecule has 5 heteroatoms. The summed E-state index contributed by atoms with van der Waals surface area (Å²) in [5.74, 6) is 0.977. The maximum absolute atomic E-state index is 5.72. The van der Waals surface area contributed by atoms with Gasteiger partial charge in [0.2, 0.25) is 0 Å². The van der Waals surface area contributed by atoms with Crippen molar-refractivity contribution in [1.29, 1.82) is 0 Å². The predicted molar refractivity (Wildman–Crippen MR) is 59.9 cm³/mol. The smallest absolute Gasteiger partial charge is 0.129 e. The van der Waals surface area contributed by atoms with E-state index in [1.165, 1.54) is 0 Å². The Morgan fingerprint density at radius 2 is 2.47 bits per heavy atom. The van der Waals surface area contributed by atoms with Crippen molar-refractivity contribution in [2.75, 3.05) is 13.1 Å². The number of nitrogens with one attached hydrogen (secondary N) is 1. The Kier molecular flexibility index (Phi) is 2.97. The van der Waals surface area contributed by atoms with Crippen LogP contribution in [0.3, 0.4) is 0 Å². The van der Waals surface area contributed by atoms with Crippen LogP contribution in [0.25, 0.3) is 0 Å². The van der Waals surface area contributed by atoms with Gasteiger partial charge in [0.1, 0.15) is 11.0 Å². The molecule has 2 rings (SSSR count). The van der Waals surface area contributed by atoms with Crippen LogP contribution < -0.4 is 11.1 Å². The van der Waals surface area contributed by atoms with Gasteiger partial charge in [-0.05, 0) is 11.6 Å². The second-order valence-corrected chi connectivity index (χ2v) is 3.78. The lowest BCUT2D eigenvalue weighted by Crippen LogP contribution is -2.20. The van der Waals surface area contributed by atoms with E-state index in [1.807, 2.05) is 6.07 Å². The third kappa shape index (κ3) is 2.33. The summed E-state index contributed by atoms with van der Waals surface area (Å²) in [4.78, 5) is 6.21. The van der Waals surface area contributed by atoms with Crippen LogP contribution >= 0.6 is 11.6 Å². The average molecular weight is 225 g/mol. The number of halogens is 1. The number of rotatable bonds is 2. The zero-order valence-electron chi connectivity index (χ0n) is 8.28. The zero-order valence-corrected chi connectivity index (χ0v) is 9.04. The average Bonchev–Trinajstić information content (AvgIpc) is 2.69. The first kappa shape index (κ1) is 10.1. The molecule has 4 nitrogen and oxygen atoms in total. The molecule has 0 radical (unpaired) electrons. The molecule has 1 saturated heterocycles. The molecule has 0 aliphatic carbocycles. The molecule has 1 aliphatic rings. The van der Waals surface area contributed by atoms with Crippen LogP contribution in [-0.2, 0) is 6.54 Å². The summed E-state index contributed by atoms with van der Waals surface area (Å²) in [7, 11) is 0. The van der Waals surface area contributed by atoms with Gasteiger partial charge in [0.15, 0.2) is 0 Å². The third-order valence-electron chi connectivity index (χ3n) is 2.35. The van der Waals surface area contributed by atoms with Crippen molar-refractivity contribution in [2.24, 2.45) is 5.73 Å². The molecular formula is C10H13ClN4. The van der Waals surface area contributed by atoms with Crippen LogP contribution in [0.2, 0.25) is 5.15 Å². The summed E-state index contributed by atoms with van der Waals surface area (Å²) in [6.07, 6.45) is 3.38. The van der Waals surface area contributed by atoms with E-state index in [4.69, 9.17) is 17.3 Å². The van der Waals surface area contributed by atoms with Gasteiger partial charge in [-0.3, -0.25) is 0 Å². The van der Waals surface area contributed by atoms with E-state index in [9.17, 15) is 0 Å². The number of pyridine rings is 1. The minimum Gasteiger partial charge on any atom is -0.402 e. The van der Waals surface area contributed by atoms with Crippen molar-refractivity contribution >= 4 is 11.6 Å². The number of nitrogens with two attached hydrogens (primary N) is 1. The Morgan fingerprint density at radius 1 is 1.60 bits per heavy atom. The molecule has 0 unspecified atom stereocenters. The molecule has 0 amide bonds. The molecule has 3 N–H and O–H groups in total. The molecule has 0 saturated carbocycles. The maximum atomic E-state index is 5.72. The predicted octanol–water partition coefficient (Wildman–Crippen LogP) is 0.898. The fourth-order valence-corrected chi connectivity index (χ4v) is 1.71. The highest BCUT2D eigenvalue weighted by atomic mass is 35.5. The van der Waals surface area contributed by atoms with Crippen molar-refractivity contribution < 1.29 is 0 Å². The number of aromatic nitrogens is 1. The normalized spacial score (nSPS) is 18.2. The highest BCUT2D eigenvalue weighted by Crippen LogP contribution is 2.12. The van der Waals surface area contributed by atoms with E-state index >= 15 is 0 Å². The van der Waals surface area contributed by atoms with Gasteiger partial charge in [-0.25, -0.2) is 4.98 Å². The second kappa shape index (κ2) is 4.40. The van der Waals surface area contributed by atoms with Crippen molar-refractivity contribution in [2.45, 2.75) is 6.54 Å². The highest BCUT2D eigenvalue weighted by molar-refractivity contribution is 6.29. The molecule has 0 spiro atoms. The van der Waals surface area contributed by atoms with Gasteiger partial charge < -0.3 is 16.0 Å². The Labute approximate surface area is 93.7 Å². The zero-order chi connectivity index (χ0) is 10.7. The minimum absolute atomic E-state index is 0.521. The van der Waals surface area contributed by atoms with Gasteiger partial charge >= 0.3 is 0 Å². The third-order valence-corrected chi connectivity index (χ3v) is 2.57. The number of hydrogen-bond acceptors (Lipinski definition) is 4. The number of nitrogens with zero attached hydrogens (tertiary/aromatic N) is 2. The van der Waals surface area contributed by atoms with Crippen molar-refractivity contribution in [3.05, 3.63) is 41.1 Å². The summed E-state index contributed by atoms with van der Waals surface area (Å²) < 4.78 is 0. The Balaban J connectivity index is 2.05. The van der Waals surface area contributed by atoms with Crippen LogP contribution in [0.15, 0.2) is 30.4 Å². The van der Waals surface area contributed by atoms with E-state index < -0.39 is 0 Å². The van der Waals surface area contributed by atoms with Crippen LogP contribution in [0.1, 0.15) is 5.56 Å². The SMILES string of the molecule is N/C=C1\NCCN1Cc1ccc(Cl)nc1. The molecule has 0 aromatic carbocycles. The summed E-state index contributed by atoms with van der Waals surface area (Å²) in [5.41, 5.74) is 6.63. The topological polar surface area (TPSA) is 54.2 Å². The summed E-state index contributed by atoms with van der Waals surface area (Å²) >= 11 is 5.72. The van der Waals surface area contributed by atoms with Crippen LogP contribution in [0, 0.1) is 0 Å². The van der Waals surface area contributed by atoms with E-state index in [0.29, 0.717) is 5.15 Å². The Hall–Kier alpha value is -1.42. The van der Waals surface area contributed by atoms with E-state index in [0.717, 1.165) is 31.0 Å². The van der Waals surface area contributed by atoms with Gasteiger partial charge in [0, 0.05) is 32.0 Å². The first-order chi connectivity index (χ1) is 7.29. The van der Waals surface area contributed by atoms with Gasteiger partial charge in [-0.2, -0.15) is 0 Å². The Morgan fingerprint density at radius 3 is 3.13 bits per heavy atom. The molecule has 1 aromatic heterocycles. The molecule has 0 atom stereocenters. The summed E-state index contributed by atoms with van der Waals surface area (Å²) in [6.45, 7) is 2.70. The minimum atomic E-state index is 0.521. The molecule has 1 aliphatic heterocycles. The molecule has 1 fully saturated rings. The van der Waals surface area contributed by atoms with E-state index in [2.05, 4.69) is 15.2 Å². The fourth-order valence-electron chi connectivity index (χ4n) is 1.60. The molecule has 2 heterocycles. The first-order valence-corrected chi connectivity index (χ1v) is 5.18. The van der Waals surface area contributed by atoms with Crippen LogP contribution in [0.4, 0.5) is 0 Å². The molecule has 0 bridgehead atoms. The van der Waals surface area contributed by atoms with E-state index in [-0.39, 0.29) is 0 Å². The molecule has 80 valence electrons. The van der Waals surface area contributed by atoms with Gasteiger partial charge in [-0.1, -0.05) is 17.7 Å². The second-order valence-electron chi connectivity index (χ2n) is 3.39. The lowest BCUT2D eigenvalue weighted by atomic mass is 10.3. The highest BCUT2D eigenvalue weighted by Gasteiger charge is 2.15. The molecule has 15 heavy (non-hydrogen) atoms. The first-order valence-electron chi connectivity index (χ1n) is 4.81. The van der Waals surface area contributed by atoms with Crippen molar-refractivity contribution in [3.8, 4) is 0 Å². The lowest BCUT2D eigenvalue weighted by molar-refractivity contribution is 0.387. The van der Waals surface area contributed by atoms with Gasteiger partial charge in [-0.15, -0.1) is 0 Å². The van der Waals surface area contributed by atoms with Crippen LogP contribution in [0.5, 0.6) is 0 Å². The quantitative estimate of drug-likeness (QED) is 0.733. The lowest BCUT2D eigenvalue weighted by Gasteiger charge is -2.17. The monoisotopic (exact) mass is 224 g/mol. The van der Waals surface area contributed by atoms with E-state index in [1.54, 1.807) is 18.5 Å². The maximum Gasteiger partial charge on any atom is 0.129 e.